The summed E-state index contributed by atoms with van der Waals surface area (Å²) < 4.78 is 65.3. The lowest BCUT2D eigenvalue weighted by molar-refractivity contribution is -0.142. The van der Waals surface area contributed by atoms with Crippen molar-refractivity contribution >= 4 is 31.7 Å². The first-order valence-electron chi connectivity index (χ1n) is 7.51. The number of anilines is 1. The Labute approximate surface area is 145 Å². The molecule has 1 heterocycles. The Hall–Kier alpha value is -1.72. The molecule has 8 nitrogen and oxygen atoms in total. The molecule has 2 rings (SSSR count). The molecule has 11 heteroatoms. The molecule has 2 N–H and O–H groups in total. The minimum absolute atomic E-state index is 0.0190. The summed E-state index contributed by atoms with van der Waals surface area (Å²) in [6, 6.07) is 2.84. The van der Waals surface area contributed by atoms with E-state index in [1.165, 1.54) is 6.92 Å². The third-order valence-electron chi connectivity index (χ3n) is 4.12. The lowest BCUT2D eigenvalue weighted by Gasteiger charge is -2.17. The van der Waals surface area contributed by atoms with E-state index in [0.29, 0.717) is 0 Å². The molecule has 0 radical (unpaired) electrons. The molecule has 1 aromatic rings. The zero-order valence-electron chi connectivity index (χ0n) is 13.6. The number of carbonyl (C=O) groups is 1. The maximum Gasteiger partial charge on any atom is 0.308 e. The number of hydrogen-bond donors (Lipinski definition) is 2. The number of halogens is 1. The zero-order valence-corrected chi connectivity index (χ0v) is 15.3. The van der Waals surface area contributed by atoms with E-state index < -0.39 is 37.8 Å². The van der Waals surface area contributed by atoms with E-state index in [9.17, 15) is 26.0 Å². The topological polar surface area (TPSA) is 121 Å². The highest BCUT2D eigenvalue weighted by Gasteiger charge is 2.40. The van der Waals surface area contributed by atoms with Gasteiger partial charge in [0.25, 0.3) is 0 Å². The van der Waals surface area contributed by atoms with Crippen LogP contribution in [0.25, 0.3) is 0 Å². The van der Waals surface area contributed by atoms with Crippen LogP contribution in [-0.4, -0.2) is 51.1 Å². The molecule has 0 aromatic heterocycles. The molecule has 1 fully saturated rings. The lowest BCUT2D eigenvalue weighted by Crippen LogP contribution is -2.30. The average molecular weight is 394 g/mol. The van der Waals surface area contributed by atoms with E-state index in [0.717, 1.165) is 22.5 Å². The number of benzene rings is 1. The van der Waals surface area contributed by atoms with Gasteiger partial charge in [0, 0.05) is 13.1 Å². The van der Waals surface area contributed by atoms with Crippen molar-refractivity contribution in [1.29, 1.82) is 0 Å². The Morgan fingerprint density at radius 3 is 2.44 bits per heavy atom. The van der Waals surface area contributed by atoms with Crippen molar-refractivity contribution in [1.82, 2.24) is 4.31 Å². The fourth-order valence-corrected chi connectivity index (χ4v) is 4.79. The molecule has 1 saturated heterocycles. The predicted octanol–water partition coefficient (Wildman–Crippen LogP) is 0.928. The van der Waals surface area contributed by atoms with Crippen molar-refractivity contribution in [3.63, 3.8) is 0 Å². The molecular weight excluding hydrogens is 375 g/mol. The van der Waals surface area contributed by atoms with Gasteiger partial charge in [-0.3, -0.25) is 9.52 Å². The van der Waals surface area contributed by atoms with Crippen LogP contribution >= 0.6 is 0 Å². The predicted molar refractivity (Wildman–Crippen MR) is 88.5 cm³/mol. The van der Waals surface area contributed by atoms with Crippen molar-refractivity contribution in [3.8, 4) is 0 Å². The SMILES string of the molecule is CCS(=O)(=O)Nc1ccc(S(=O)(=O)N2C[C@@H](C)[C@H](C(=O)O)C2)cc1F. The van der Waals surface area contributed by atoms with Crippen LogP contribution < -0.4 is 4.72 Å². The standard InChI is InChI=1S/C14H19FN2O6S2/c1-3-24(20,21)16-13-5-4-10(6-12(13)15)25(22,23)17-7-9(2)11(8-17)14(18)19/h4-6,9,11,16H,3,7-8H2,1-2H3,(H,18,19)/t9-,11-/m1/s1. The van der Waals surface area contributed by atoms with E-state index in [1.54, 1.807) is 6.92 Å². The molecule has 1 aromatic carbocycles. The smallest absolute Gasteiger partial charge is 0.308 e. The molecule has 0 saturated carbocycles. The maximum atomic E-state index is 14.1. The van der Waals surface area contributed by atoms with E-state index in [4.69, 9.17) is 5.11 Å². The second-order valence-corrected chi connectivity index (χ2v) is 9.84. The van der Waals surface area contributed by atoms with Crippen LogP contribution in [0.15, 0.2) is 23.1 Å². The number of sulfonamides is 2. The highest BCUT2D eigenvalue weighted by atomic mass is 32.2. The van der Waals surface area contributed by atoms with Crippen molar-refractivity contribution in [2.24, 2.45) is 11.8 Å². The van der Waals surface area contributed by atoms with Gasteiger partial charge in [-0.25, -0.2) is 21.2 Å². The van der Waals surface area contributed by atoms with Gasteiger partial charge in [0.05, 0.1) is 22.3 Å². The van der Waals surface area contributed by atoms with Gasteiger partial charge in [0.1, 0.15) is 5.82 Å². The van der Waals surface area contributed by atoms with E-state index in [2.05, 4.69) is 0 Å². The summed E-state index contributed by atoms with van der Waals surface area (Å²) in [5.74, 6) is -3.56. The van der Waals surface area contributed by atoms with Gasteiger partial charge in [0.2, 0.25) is 20.0 Å². The maximum absolute atomic E-state index is 14.1. The Balaban J connectivity index is 2.29. The number of aliphatic carboxylic acids is 1. The van der Waals surface area contributed by atoms with Crippen LogP contribution in [-0.2, 0) is 24.8 Å². The Morgan fingerprint density at radius 2 is 1.96 bits per heavy atom. The van der Waals surface area contributed by atoms with Crippen molar-refractivity contribution in [2.75, 3.05) is 23.6 Å². The summed E-state index contributed by atoms with van der Waals surface area (Å²) in [6.07, 6.45) is 0. The molecular formula is C14H19FN2O6S2. The highest BCUT2D eigenvalue weighted by molar-refractivity contribution is 7.92. The zero-order chi connectivity index (χ0) is 19.0. The minimum Gasteiger partial charge on any atom is -0.481 e. The monoisotopic (exact) mass is 394 g/mol. The van der Waals surface area contributed by atoms with E-state index in [1.807, 2.05) is 4.72 Å². The Bertz CT molecular complexity index is 885. The van der Waals surface area contributed by atoms with Crippen LogP contribution in [0.4, 0.5) is 10.1 Å². The fourth-order valence-electron chi connectivity index (χ4n) is 2.57. The van der Waals surface area contributed by atoms with Crippen LogP contribution in [0.1, 0.15) is 13.8 Å². The number of rotatable bonds is 6. The molecule has 25 heavy (non-hydrogen) atoms. The molecule has 140 valence electrons. The molecule has 0 spiro atoms. The second-order valence-electron chi connectivity index (χ2n) is 5.89. The van der Waals surface area contributed by atoms with Crippen LogP contribution in [0.3, 0.4) is 0 Å². The van der Waals surface area contributed by atoms with E-state index in [-0.39, 0.29) is 35.3 Å². The average Bonchev–Trinajstić information content (AvgIpc) is 2.92. The second kappa shape index (κ2) is 6.89. The summed E-state index contributed by atoms with van der Waals surface area (Å²) in [4.78, 5) is 10.8. The normalized spacial score (nSPS) is 22.0. The molecule has 0 bridgehead atoms. The van der Waals surface area contributed by atoms with Crippen LogP contribution in [0, 0.1) is 17.7 Å². The number of nitrogens with zero attached hydrogens (tertiary/aromatic N) is 1. The minimum atomic E-state index is -4.07. The summed E-state index contributed by atoms with van der Waals surface area (Å²) in [6.45, 7) is 2.85. The van der Waals surface area contributed by atoms with Crippen molar-refractivity contribution in [2.45, 2.75) is 18.7 Å². The first-order valence-corrected chi connectivity index (χ1v) is 10.6. The van der Waals surface area contributed by atoms with Gasteiger partial charge in [-0.1, -0.05) is 6.92 Å². The van der Waals surface area contributed by atoms with Crippen LogP contribution in [0.2, 0.25) is 0 Å². The van der Waals surface area contributed by atoms with Gasteiger partial charge in [-0.2, -0.15) is 4.31 Å². The summed E-state index contributed by atoms with van der Waals surface area (Å²) in [5.41, 5.74) is -0.348. The molecule has 0 aliphatic carbocycles. The third kappa shape index (κ3) is 4.10. The number of carboxylic acids is 1. The molecule has 0 amide bonds. The van der Waals surface area contributed by atoms with Gasteiger partial charge in [0.15, 0.2) is 0 Å². The first kappa shape index (κ1) is 19.6. The van der Waals surface area contributed by atoms with Gasteiger partial charge in [-0.15, -0.1) is 0 Å². The number of hydrogen-bond acceptors (Lipinski definition) is 5. The van der Waals surface area contributed by atoms with Crippen molar-refractivity contribution < 1.29 is 31.1 Å². The van der Waals surface area contributed by atoms with Crippen molar-refractivity contribution in [3.05, 3.63) is 24.0 Å². The van der Waals surface area contributed by atoms with Gasteiger partial charge in [-0.05, 0) is 31.0 Å². The molecule has 0 unspecified atom stereocenters. The molecule has 2 atom stereocenters. The highest BCUT2D eigenvalue weighted by Crippen LogP contribution is 2.30. The molecule has 1 aliphatic heterocycles. The number of nitrogens with one attached hydrogen (secondary N) is 1. The van der Waals surface area contributed by atoms with Gasteiger partial charge >= 0.3 is 5.97 Å². The van der Waals surface area contributed by atoms with Crippen LogP contribution in [0.5, 0.6) is 0 Å². The molecule has 1 aliphatic rings. The Kier molecular flexibility index (Phi) is 5.40. The third-order valence-corrected chi connectivity index (χ3v) is 7.24. The fraction of sp³-hybridized carbons (Fsp3) is 0.500. The first-order chi connectivity index (χ1) is 11.5. The lowest BCUT2D eigenvalue weighted by atomic mass is 9.99. The summed E-state index contributed by atoms with van der Waals surface area (Å²) in [7, 11) is -7.77. The number of carboxylic acid groups (broad SMARTS) is 1. The Morgan fingerprint density at radius 1 is 1.32 bits per heavy atom. The quantitative estimate of drug-likeness (QED) is 0.740. The van der Waals surface area contributed by atoms with E-state index >= 15 is 0 Å². The van der Waals surface area contributed by atoms with Gasteiger partial charge < -0.3 is 5.11 Å². The largest absolute Gasteiger partial charge is 0.481 e. The summed E-state index contributed by atoms with van der Waals surface area (Å²) >= 11 is 0. The summed E-state index contributed by atoms with van der Waals surface area (Å²) in [5, 5.41) is 9.10.